The van der Waals surface area contributed by atoms with Gasteiger partial charge in [0.1, 0.15) is 11.9 Å². The third kappa shape index (κ3) is 8.57. The van der Waals surface area contributed by atoms with E-state index in [1.807, 2.05) is 6.92 Å². The first-order chi connectivity index (χ1) is 13.1. The van der Waals surface area contributed by atoms with E-state index in [-0.39, 0.29) is 53.3 Å². The molecule has 0 saturated carbocycles. The molecular formula is C18H27F3IN3O3S. The van der Waals surface area contributed by atoms with Gasteiger partial charge in [0.05, 0.1) is 23.6 Å². The van der Waals surface area contributed by atoms with Crippen molar-refractivity contribution in [3.05, 3.63) is 29.8 Å². The number of hydrogen-bond acceptors (Lipinski definition) is 4. The Bertz CT molecular complexity index is 788. The molecule has 29 heavy (non-hydrogen) atoms. The van der Waals surface area contributed by atoms with Crippen LogP contribution in [0.25, 0.3) is 0 Å². The average Bonchev–Trinajstić information content (AvgIpc) is 2.99. The van der Waals surface area contributed by atoms with Crippen molar-refractivity contribution in [1.82, 2.24) is 10.6 Å². The zero-order chi connectivity index (χ0) is 20.8. The number of ether oxygens (including phenoxy) is 1. The van der Waals surface area contributed by atoms with E-state index in [4.69, 9.17) is 4.74 Å². The van der Waals surface area contributed by atoms with Crippen LogP contribution in [0.4, 0.5) is 13.2 Å². The summed E-state index contributed by atoms with van der Waals surface area (Å²) in [6.07, 6.45) is -3.56. The van der Waals surface area contributed by atoms with Crippen LogP contribution in [0.5, 0.6) is 5.75 Å². The lowest BCUT2D eigenvalue weighted by Gasteiger charge is -2.21. The van der Waals surface area contributed by atoms with Crippen molar-refractivity contribution in [2.75, 3.05) is 31.6 Å². The van der Waals surface area contributed by atoms with Gasteiger partial charge in [0.25, 0.3) is 0 Å². The second-order valence-corrected chi connectivity index (χ2v) is 9.01. The van der Waals surface area contributed by atoms with E-state index in [1.54, 1.807) is 7.05 Å². The van der Waals surface area contributed by atoms with Crippen LogP contribution in [0, 0.1) is 5.92 Å². The van der Waals surface area contributed by atoms with Gasteiger partial charge in [-0.1, -0.05) is 13.0 Å². The minimum atomic E-state index is -4.42. The lowest BCUT2D eigenvalue weighted by Crippen LogP contribution is -2.44. The number of nitrogens with zero attached hydrogens (tertiary/aromatic N) is 1. The Morgan fingerprint density at radius 2 is 2.07 bits per heavy atom. The van der Waals surface area contributed by atoms with Crippen LogP contribution < -0.4 is 15.4 Å². The van der Waals surface area contributed by atoms with Crippen molar-refractivity contribution in [2.24, 2.45) is 10.9 Å². The van der Waals surface area contributed by atoms with Crippen LogP contribution >= 0.6 is 24.0 Å². The molecule has 1 heterocycles. The summed E-state index contributed by atoms with van der Waals surface area (Å²) in [5.74, 6) is 1.09. The van der Waals surface area contributed by atoms with Crippen LogP contribution in [-0.4, -0.2) is 52.1 Å². The summed E-state index contributed by atoms with van der Waals surface area (Å²) in [5, 5.41) is 6.16. The minimum absolute atomic E-state index is 0. The highest BCUT2D eigenvalue weighted by Crippen LogP contribution is 2.31. The summed E-state index contributed by atoms with van der Waals surface area (Å²) in [6, 6.07) is 4.79. The van der Waals surface area contributed by atoms with Crippen molar-refractivity contribution in [3.63, 3.8) is 0 Å². The molecule has 0 radical (unpaired) electrons. The number of nitrogens with one attached hydrogen (secondary N) is 2. The summed E-state index contributed by atoms with van der Waals surface area (Å²) in [6.45, 7) is 2.71. The quantitative estimate of drug-likeness (QED) is 0.311. The van der Waals surface area contributed by atoms with E-state index >= 15 is 0 Å². The van der Waals surface area contributed by atoms with Gasteiger partial charge in [0.2, 0.25) is 0 Å². The van der Waals surface area contributed by atoms with Crippen molar-refractivity contribution < 1.29 is 26.3 Å². The fourth-order valence-electron chi connectivity index (χ4n) is 2.91. The molecular weight excluding hydrogens is 522 g/mol. The Balaban J connectivity index is 0.00000420. The van der Waals surface area contributed by atoms with Crippen molar-refractivity contribution in [1.29, 1.82) is 0 Å². The van der Waals surface area contributed by atoms with Gasteiger partial charge in [-0.2, -0.15) is 13.2 Å². The summed E-state index contributed by atoms with van der Waals surface area (Å²) >= 11 is 0. The number of sulfone groups is 1. The molecule has 2 atom stereocenters. The fraction of sp³-hybridized carbons (Fsp3) is 0.611. The van der Waals surface area contributed by atoms with E-state index in [1.165, 1.54) is 12.1 Å². The molecule has 1 aliphatic heterocycles. The second-order valence-electron chi connectivity index (χ2n) is 6.78. The predicted molar refractivity (Wildman–Crippen MR) is 118 cm³/mol. The average molecular weight is 549 g/mol. The predicted octanol–water partition coefficient (Wildman–Crippen LogP) is 3.08. The molecule has 2 rings (SSSR count). The largest absolute Gasteiger partial charge is 0.489 e. The first kappa shape index (κ1) is 25.8. The van der Waals surface area contributed by atoms with Gasteiger partial charge in [-0.15, -0.1) is 24.0 Å². The van der Waals surface area contributed by atoms with Crippen LogP contribution in [0.15, 0.2) is 29.3 Å². The molecule has 2 N–H and O–H groups in total. The number of alkyl halides is 3. The monoisotopic (exact) mass is 549 g/mol. The molecule has 1 aromatic carbocycles. The van der Waals surface area contributed by atoms with Crippen LogP contribution in [0.3, 0.4) is 0 Å². The molecule has 1 aromatic rings. The van der Waals surface area contributed by atoms with E-state index in [0.29, 0.717) is 31.9 Å². The van der Waals surface area contributed by atoms with Gasteiger partial charge in [0.15, 0.2) is 15.8 Å². The van der Waals surface area contributed by atoms with Gasteiger partial charge in [-0.3, -0.25) is 4.99 Å². The third-order valence-electron chi connectivity index (χ3n) is 4.53. The molecule has 0 amide bonds. The maximum atomic E-state index is 12.8. The van der Waals surface area contributed by atoms with E-state index in [0.717, 1.165) is 12.1 Å². The molecule has 166 valence electrons. The summed E-state index contributed by atoms with van der Waals surface area (Å²) < 4.78 is 67.1. The first-order valence-corrected chi connectivity index (χ1v) is 10.9. The topological polar surface area (TPSA) is 79.8 Å². The molecule has 0 bridgehead atoms. The fourth-order valence-corrected chi connectivity index (χ4v) is 4.77. The number of hydrogen-bond donors (Lipinski definition) is 2. The smallest absolute Gasteiger partial charge is 0.416 e. The Kier molecular flexibility index (Phi) is 9.99. The van der Waals surface area contributed by atoms with Crippen LogP contribution in [-0.2, 0) is 16.0 Å². The standard InChI is InChI=1S/C18H26F3N3O3S.HI/c1-3-15(27-16-6-4-5-14(9-16)18(19,20)21)11-24-17(22-2)23-10-13-7-8-28(25,26)12-13;/h4-6,9,13,15H,3,7-8,10-12H2,1-2H3,(H2,22,23,24);1H. The van der Waals surface area contributed by atoms with Gasteiger partial charge in [-0.05, 0) is 37.0 Å². The maximum absolute atomic E-state index is 12.8. The highest BCUT2D eigenvalue weighted by molar-refractivity contribution is 14.0. The van der Waals surface area contributed by atoms with Gasteiger partial charge < -0.3 is 15.4 Å². The molecule has 1 fully saturated rings. The van der Waals surface area contributed by atoms with Crippen molar-refractivity contribution >= 4 is 39.8 Å². The van der Waals surface area contributed by atoms with Gasteiger partial charge in [-0.25, -0.2) is 8.42 Å². The lowest BCUT2D eigenvalue weighted by molar-refractivity contribution is -0.137. The van der Waals surface area contributed by atoms with Crippen molar-refractivity contribution in [2.45, 2.75) is 32.0 Å². The Morgan fingerprint density at radius 3 is 2.62 bits per heavy atom. The van der Waals surface area contributed by atoms with Crippen molar-refractivity contribution in [3.8, 4) is 5.75 Å². The minimum Gasteiger partial charge on any atom is -0.489 e. The van der Waals surface area contributed by atoms with Crippen LogP contribution in [0.1, 0.15) is 25.3 Å². The molecule has 2 unspecified atom stereocenters. The lowest BCUT2D eigenvalue weighted by atomic mass is 10.1. The number of halogens is 4. The molecule has 0 aliphatic carbocycles. The van der Waals surface area contributed by atoms with E-state index in [2.05, 4.69) is 15.6 Å². The Morgan fingerprint density at radius 1 is 1.34 bits per heavy atom. The molecule has 6 nitrogen and oxygen atoms in total. The first-order valence-electron chi connectivity index (χ1n) is 9.12. The Labute approximate surface area is 186 Å². The molecule has 1 aliphatic rings. The van der Waals surface area contributed by atoms with E-state index in [9.17, 15) is 21.6 Å². The molecule has 1 saturated heterocycles. The number of guanidine groups is 1. The number of benzene rings is 1. The normalized spacial score (nSPS) is 19.9. The summed E-state index contributed by atoms with van der Waals surface area (Å²) in [5.41, 5.74) is -0.753. The zero-order valence-electron chi connectivity index (χ0n) is 16.3. The van der Waals surface area contributed by atoms with E-state index < -0.39 is 21.6 Å². The summed E-state index contributed by atoms with van der Waals surface area (Å²) in [4.78, 5) is 4.09. The van der Waals surface area contributed by atoms with Gasteiger partial charge in [0, 0.05) is 13.6 Å². The second kappa shape index (κ2) is 11.2. The summed E-state index contributed by atoms with van der Waals surface area (Å²) in [7, 11) is -1.34. The number of rotatable bonds is 7. The highest BCUT2D eigenvalue weighted by atomic mass is 127. The van der Waals surface area contributed by atoms with Gasteiger partial charge >= 0.3 is 6.18 Å². The third-order valence-corrected chi connectivity index (χ3v) is 6.36. The molecule has 11 heteroatoms. The SMILES string of the molecule is CCC(CNC(=NC)NCC1CCS(=O)(=O)C1)Oc1cccc(C(F)(F)F)c1.I. The molecule has 0 spiro atoms. The highest BCUT2D eigenvalue weighted by Gasteiger charge is 2.31. The molecule has 0 aromatic heterocycles. The maximum Gasteiger partial charge on any atom is 0.416 e. The van der Waals surface area contributed by atoms with Crippen LogP contribution in [0.2, 0.25) is 0 Å². The number of aliphatic imine (C=N–C) groups is 1. The zero-order valence-corrected chi connectivity index (χ0v) is 19.5. The Hall–Kier alpha value is -1.24.